The van der Waals surface area contributed by atoms with Crippen molar-refractivity contribution in [1.82, 2.24) is 30.6 Å². The first-order valence-electron chi connectivity index (χ1n) is 7.64. The zero-order valence-corrected chi connectivity index (χ0v) is 13.8. The number of aromatic nitrogens is 6. The van der Waals surface area contributed by atoms with Gasteiger partial charge in [0.25, 0.3) is 5.91 Å². The maximum Gasteiger partial charge on any atom is 0.258 e. The van der Waals surface area contributed by atoms with E-state index in [0.29, 0.717) is 28.0 Å². The highest BCUT2D eigenvalue weighted by Gasteiger charge is 2.21. The van der Waals surface area contributed by atoms with Gasteiger partial charge in [0.05, 0.1) is 12.7 Å². The number of fused-ring (bicyclic) bond motifs is 1. The largest absolute Gasteiger partial charge is 0.411 e. The third kappa shape index (κ3) is 3.25. The zero-order chi connectivity index (χ0) is 17.8. The number of hydrogen-bond donors (Lipinski definition) is 2. The van der Waals surface area contributed by atoms with Crippen molar-refractivity contribution in [2.24, 2.45) is 0 Å². The molecule has 2 N–H and O–H groups in total. The number of aromatic amines is 1. The third-order valence-electron chi connectivity index (χ3n) is 3.68. The van der Waals surface area contributed by atoms with Gasteiger partial charge < -0.3 is 10.1 Å². The van der Waals surface area contributed by atoms with Gasteiger partial charge in [-0.05, 0) is 32.0 Å². The molecule has 0 aliphatic rings. The van der Waals surface area contributed by atoms with Gasteiger partial charge in [0.1, 0.15) is 5.52 Å². The first kappa shape index (κ1) is 16.4. The Morgan fingerprint density at radius 1 is 1.40 bits per heavy atom. The summed E-state index contributed by atoms with van der Waals surface area (Å²) >= 11 is 0. The molecule has 0 radical (unpaired) electrons. The Kier molecular flexibility index (Phi) is 4.55. The number of carbonyl (C=O) groups is 1. The molecule has 0 spiro atoms. The number of nitrogens with one attached hydrogen (secondary N) is 1. The number of amides is 1. The molecule has 9 heteroatoms. The van der Waals surface area contributed by atoms with E-state index in [1.165, 1.54) is 6.20 Å². The van der Waals surface area contributed by atoms with Crippen molar-refractivity contribution in [3.63, 3.8) is 0 Å². The molecule has 2 heterocycles. The van der Waals surface area contributed by atoms with Gasteiger partial charge >= 0.3 is 0 Å². The van der Waals surface area contributed by atoms with Crippen LogP contribution in [0.3, 0.4) is 0 Å². The average molecular weight is 339 g/mol. The molecule has 2 aromatic heterocycles. The Balaban J connectivity index is 2.03. The van der Waals surface area contributed by atoms with E-state index < -0.39 is 0 Å². The van der Waals surface area contributed by atoms with Crippen LogP contribution in [0.15, 0.2) is 48.2 Å². The van der Waals surface area contributed by atoms with Gasteiger partial charge in [0.2, 0.25) is 0 Å². The van der Waals surface area contributed by atoms with E-state index in [1.807, 2.05) is 6.92 Å². The van der Waals surface area contributed by atoms with Crippen molar-refractivity contribution < 1.29 is 10.0 Å². The number of nitrogens with zero attached hydrogens (tertiary/aromatic N) is 6. The number of benzene rings is 1. The summed E-state index contributed by atoms with van der Waals surface area (Å²) in [5, 5.41) is 27.9. The lowest BCUT2D eigenvalue weighted by Crippen LogP contribution is -2.31. The van der Waals surface area contributed by atoms with Crippen molar-refractivity contribution in [3.05, 3.63) is 54.0 Å². The van der Waals surface area contributed by atoms with E-state index in [0.717, 1.165) is 4.85 Å². The van der Waals surface area contributed by atoms with E-state index in [-0.39, 0.29) is 12.5 Å². The first-order valence-corrected chi connectivity index (χ1v) is 7.64. The minimum atomic E-state index is -0.193. The molecule has 0 bridgehead atoms. The second-order valence-corrected chi connectivity index (χ2v) is 5.24. The predicted octanol–water partition coefficient (Wildman–Crippen LogP) is 1.84. The normalized spacial score (nSPS) is 12.2. The number of H-pyrrole nitrogens is 1. The monoisotopic (exact) mass is 339 g/mol. The topological polar surface area (TPSA) is 113 Å². The quantitative estimate of drug-likeness (QED) is 0.417. The van der Waals surface area contributed by atoms with Crippen LogP contribution >= 0.6 is 0 Å². The minimum absolute atomic E-state index is 0.156. The van der Waals surface area contributed by atoms with Crippen molar-refractivity contribution in [2.75, 3.05) is 4.90 Å². The van der Waals surface area contributed by atoms with Gasteiger partial charge in [-0.3, -0.25) is 4.79 Å². The van der Waals surface area contributed by atoms with Crippen molar-refractivity contribution in [2.45, 2.75) is 20.4 Å². The summed E-state index contributed by atoms with van der Waals surface area (Å²) in [7, 11) is 0. The fraction of sp³-hybridized carbons (Fsp3) is 0.188. The van der Waals surface area contributed by atoms with Crippen LogP contribution < -0.4 is 4.90 Å². The minimum Gasteiger partial charge on any atom is -0.411 e. The van der Waals surface area contributed by atoms with Crippen LogP contribution in [0.4, 0.5) is 5.69 Å². The van der Waals surface area contributed by atoms with E-state index in [2.05, 4.69) is 25.7 Å². The number of anilines is 1. The average Bonchev–Trinajstić information content (AvgIpc) is 3.27. The summed E-state index contributed by atoms with van der Waals surface area (Å²) < 4.78 is 0. The van der Waals surface area contributed by atoms with Gasteiger partial charge in [0, 0.05) is 16.6 Å². The molecule has 0 saturated heterocycles. The Morgan fingerprint density at radius 2 is 2.24 bits per heavy atom. The lowest BCUT2D eigenvalue weighted by atomic mass is 10.1. The highest BCUT2D eigenvalue weighted by Crippen LogP contribution is 2.24. The van der Waals surface area contributed by atoms with Crippen LogP contribution in [0.25, 0.3) is 10.9 Å². The van der Waals surface area contributed by atoms with Gasteiger partial charge in [-0.2, -0.15) is 5.21 Å². The summed E-state index contributed by atoms with van der Waals surface area (Å²) in [5.74, 6) is 0.198. The van der Waals surface area contributed by atoms with Crippen LogP contribution in [0, 0.1) is 0 Å². The second-order valence-electron chi connectivity index (χ2n) is 5.24. The fourth-order valence-electron chi connectivity index (χ4n) is 2.47. The molecule has 1 amide bonds. The van der Waals surface area contributed by atoms with E-state index in [4.69, 9.17) is 0 Å². The summed E-state index contributed by atoms with van der Waals surface area (Å²) in [6.07, 6.45) is 6.82. The standard InChI is InChI=1S/C16H17N7O2/c1-3-5-11(4-2)16(24)22(10-15-18-20-21-19-15)13-6-7-14-12(8-13)9-17-23(14)25/h3-9,25H,10H2,1-2H3,(H,18,19,20,21). The zero-order valence-electron chi connectivity index (χ0n) is 13.8. The number of carbonyl (C=O) groups excluding carboxylic acids is 1. The first-order chi connectivity index (χ1) is 12.1. The molecule has 0 aliphatic heterocycles. The fourth-order valence-corrected chi connectivity index (χ4v) is 2.47. The molecular formula is C16H17N7O2. The third-order valence-corrected chi connectivity index (χ3v) is 3.68. The molecule has 128 valence electrons. The Morgan fingerprint density at radius 3 is 2.92 bits per heavy atom. The molecule has 25 heavy (non-hydrogen) atoms. The highest BCUT2D eigenvalue weighted by atomic mass is 16.5. The molecule has 0 unspecified atom stereocenters. The lowest BCUT2D eigenvalue weighted by molar-refractivity contribution is -0.115. The molecule has 3 aromatic rings. The molecule has 9 nitrogen and oxygen atoms in total. The van der Waals surface area contributed by atoms with Crippen LogP contribution in [0.2, 0.25) is 0 Å². The summed E-state index contributed by atoms with van der Waals surface area (Å²) in [6.45, 7) is 3.81. The van der Waals surface area contributed by atoms with Crippen LogP contribution in [-0.4, -0.2) is 41.7 Å². The number of hydrogen-bond acceptors (Lipinski definition) is 6. The molecule has 1 aromatic carbocycles. The smallest absolute Gasteiger partial charge is 0.258 e. The molecule has 0 saturated carbocycles. The van der Waals surface area contributed by atoms with Crippen molar-refractivity contribution in [3.8, 4) is 0 Å². The van der Waals surface area contributed by atoms with Crippen LogP contribution in [0.1, 0.15) is 19.7 Å². The molecular weight excluding hydrogens is 322 g/mol. The van der Waals surface area contributed by atoms with Crippen LogP contribution in [0.5, 0.6) is 0 Å². The van der Waals surface area contributed by atoms with Crippen molar-refractivity contribution >= 4 is 22.5 Å². The molecule has 3 rings (SSSR count). The summed E-state index contributed by atoms with van der Waals surface area (Å²) in [4.78, 5) is 15.3. The Bertz CT molecular complexity index is 941. The second kappa shape index (κ2) is 6.95. The summed E-state index contributed by atoms with van der Waals surface area (Å²) in [5.41, 5.74) is 1.73. The van der Waals surface area contributed by atoms with Gasteiger partial charge in [-0.1, -0.05) is 23.4 Å². The Labute approximate surface area is 143 Å². The van der Waals surface area contributed by atoms with Gasteiger partial charge in [-0.15, -0.1) is 20.1 Å². The molecule has 0 atom stereocenters. The molecule has 0 aliphatic carbocycles. The summed E-state index contributed by atoms with van der Waals surface area (Å²) in [6, 6.07) is 5.20. The maximum atomic E-state index is 13.0. The number of tetrazole rings is 1. The van der Waals surface area contributed by atoms with Crippen LogP contribution in [-0.2, 0) is 11.3 Å². The number of rotatable bonds is 5. The SMILES string of the molecule is CC=CC(=CC)C(=O)N(Cc1nn[nH]n1)c1ccc2c(cnn2O)c1. The Hall–Kier alpha value is -3.49. The maximum absolute atomic E-state index is 13.0. The molecule has 0 fully saturated rings. The lowest BCUT2D eigenvalue weighted by Gasteiger charge is -2.22. The number of allylic oxidation sites excluding steroid dienone is 2. The highest BCUT2D eigenvalue weighted by molar-refractivity contribution is 6.08. The predicted molar refractivity (Wildman–Crippen MR) is 90.9 cm³/mol. The van der Waals surface area contributed by atoms with E-state index in [1.54, 1.807) is 48.3 Å². The van der Waals surface area contributed by atoms with Crippen molar-refractivity contribution in [1.29, 1.82) is 0 Å². The van der Waals surface area contributed by atoms with E-state index >= 15 is 0 Å². The van der Waals surface area contributed by atoms with E-state index in [9.17, 15) is 10.0 Å². The van der Waals surface area contributed by atoms with Gasteiger partial charge in [0.15, 0.2) is 5.82 Å². The van der Waals surface area contributed by atoms with Gasteiger partial charge in [-0.25, -0.2) is 0 Å².